The van der Waals surface area contributed by atoms with Gasteiger partial charge in [-0.1, -0.05) is 35.3 Å². The predicted octanol–water partition coefficient (Wildman–Crippen LogP) is 5.51. The number of aliphatic hydroxyl groups is 2. The number of carbonyl (C=O) groups excluding carboxylic acids is 1. The number of esters is 1. The van der Waals surface area contributed by atoms with Crippen LogP contribution in [0.15, 0.2) is 54.6 Å². The van der Waals surface area contributed by atoms with Gasteiger partial charge in [-0.3, -0.25) is 4.90 Å². The van der Waals surface area contributed by atoms with E-state index in [-0.39, 0.29) is 25.1 Å². The van der Waals surface area contributed by atoms with Gasteiger partial charge in [-0.05, 0) is 69.2 Å². The zero-order chi connectivity index (χ0) is 26.9. The number of ether oxygens (including phenoxy) is 1. The molecule has 2 N–H and O–H groups in total. The molecule has 10 heteroatoms. The van der Waals surface area contributed by atoms with E-state index in [4.69, 9.17) is 27.9 Å². The zero-order valence-electron chi connectivity index (χ0n) is 21.0. The van der Waals surface area contributed by atoms with Crippen LogP contribution in [0.25, 0.3) is 5.57 Å². The number of hydrogen-bond acceptors (Lipinski definition) is 8. The molecule has 0 fully saturated rings. The van der Waals surface area contributed by atoms with Crippen molar-refractivity contribution >= 4 is 46.1 Å². The molecule has 37 heavy (non-hydrogen) atoms. The fourth-order valence-corrected chi connectivity index (χ4v) is 5.28. The van der Waals surface area contributed by atoms with Crippen molar-refractivity contribution in [3.8, 4) is 0 Å². The van der Waals surface area contributed by atoms with Crippen molar-refractivity contribution < 1.29 is 19.7 Å². The third-order valence-corrected chi connectivity index (χ3v) is 7.43. The van der Waals surface area contributed by atoms with Gasteiger partial charge in [0.2, 0.25) is 0 Å². The van der Waals surface area contributed by atoms with Crippen molar-refractivity contribution in [3.05, 3.63) is 86.1 Å². The Bertz CT molecular complexity index is 1170. The lowest BCUT2D eigenvalue weighted by Crippen LogP contribution is -2.40. The number of hydrogen-bond donors (Lipinski definition) is 2. The van der Waals surface area contributed by atoms with Crippen molar-refractivity contribution in [2.24, 2.45) is 0 Å². The standard InChI is InChI=1S/C27H31Cl2N3O4S/c1-4-36-27(35)13-17(2)24-12-11-19(37-24)14-18(3)32(15-22(33)20-7-5-9-25(28)30-20)16-23(34)21-8-6-10-26(29)31-21/h5-13,18,22-23,33-34H,4,14-16H2,1-3H3/b17-13+. The summed E-state index contributed by atoms with van der Waals surface area (Å²) in [5, 5.41) is 22.5. The molecule has 198 valence electrons. The lowest BCUT2D eigenvalue weighted by Gasteiger charge is -2.32. The molecule has 0 spiro atoms. The minimum atomic E-state index is -0.908. The van der Waals surface area contributed by atoms with Crippen LogP contribution >= 0.6 is 34.5 Å². The molecule has 3 heterocycles. The highest BCUT2D eigenvalue weighted by Gasteiger charge is 2.24. The fourth-order valence-electron chi connectivity index (χ4n) is 3.84. The topological polar surface area (TPSA) is 95.8 Å². The van der Waals surface area contributed by atoms with E-state index in [1.807, 2.05) is 30.9 Å². The van der Waals surface area contributed by atoms with Crippen molar-refractivity contribution in [1.82, 2.24) is 14.9 Å². The van der Waals surface area contributed by atoms with Gasteiger partial charge >= 0.3 is 5.97 Å². The van der Waals surface area contributed by atoms with E-state index < -0.39 is 12.2 Å². The summed E-state index contributed by atoms with van der Waals surface area (Å²) in [5.74, 6) is -0.360. The second-order valence-electron chi connectivity index (χ2n) is 8.65. The van der Waals surface area contributed by atoms with Gasteiger partial charge in [0.25, 0.3) is 0 Å². The highest BCUT2D eigenvalue weighted by molar-refractivity contribution is 7.13. The molecule has 0 saturated heterocycles. The second kappa shape index (κ2) is 14.0. The van der Waals surface area contributed by atoms with Gasteiger partial charge in [0, 0.05) is 35.0 Å². The zero-order valence-corrected chi connectivity index (χ0v) is 23.3. The first-order valence-electron chi connectivity index (χ1n) is 12.0. The first kappa shape index (κ1) is 29.2. The normalized spacial score (nSPS) is 14.4. The molecule has 0 aliphatic rings. The van der Waals surface area contributed by atoms with Crippen molar-refractivity contribution in [3.63, 3.8) is 0 Å². The molecule has 3 aromatic rings. The van der Waals surface area contributed by atoms with Crippen LogP contribution in [0.5, 0.6) is 0 Å². The Kier molecular flexibility index (Phi) is 11.1. The summed E-state index contributed by atoms with van der Waals surface area (Å²) < 4.78 is 5.01. The molecule has 0 saturated carbocycles. The lowest BCUT2D eigenvalue weighted by molar-refractivity contribution is -0.137. The molecular weight excluding hydrogens is 533 g/mol. The van der Waals surface area contributed by atoms with Crippen molar-refractivity contribution in [2.45, 2.75) is 45.4 Å². The van der Waals surface area contributed by atoms with E-state index in [2.05, 4.69) is 9.97 Å². The third kappa shape index (κ3) is 8.88. The Morgan fingerprint density at radius 2 is 1.59 bits per heavy atom. The monoisotopic (exact) mass is 563 g/mol. The number of allylic oxidation sites excluding steroid dienone is 1. The smallest absolute Gasteiger partial charge is 0.331 e. The first-order valence-corrected chi connectivity index (χ1v) is 13.5. The minimum Gasteiger partial charge on any atom is -0.463 e. The Morgan fingerprint density at radius 1 is 1.03 bits per heavy atom. The van der Waals surface area contributed by atoms with E-state index in [0.717, 1.165) is 15.3 Å². The predicted molar refractivity (Wildman–Crippen MR) is 148 cm³/mol. The summed E-state index contributed by atoms with van der Waals surface area (Å²) in [6, 6.07) is 14.2. The maximum absolute atomic E-state index is 11.8. The third-order valence-electron chi connectivity index (χ3n) is 5.76. The number of carbonyl (C=O) groups is 1. The number of thiophene rings is 1. The van der Waals surface area contributed by atoms with Gasteiger partial charge in [0.05, 0.1) is 18.0 Å². The van der Waals surface area contributed by atoms with Crippen LogP contribution in [0.4, 0.5) is 0 Å². The van der Waals surface area contributed by atoms with Crippen molar-refractivity contribution in [2.75, 3.05) is 19.7 Å². The van der Waals surface area contributed by atoms with Gasteiger partial charge in [-0.15, -0.1) is 11.3 Å². The summed E-state index contributed by atoms with van der Waals surface area (Å²) in [6.07, 6.45) is 0.351. The van der Waals surface area contributed by atoms with Gasteiger partial charge in [-0.25, -0.2) is 14.8 Å². The minimum absolute atomic E-state index is 0.0523. The molecule has 3 unspecified atom stereocenters. The maximum Gasteiger partial charge on any atom is 0.331 e. The summed E-state index contributed by atoms with van der Waals surface area (Å²) in [6.45, 7) is 6.48. The molecule has 0 aliphatic carbocycles. The SMILES string of the molecule is CCOC(=O)/C=C(\C)c1ccc(CC(C)N(CC(O)c2cccc(Cl)n2)CC(O)c2cccc(Cl)n2)s1. The van der Waals surface area contributed by atoms with Crippen LogP contribution in [0, 0.1) is 0 Å². The molecule has 3 rings (SSSR count). The van der Waals surface area contributed by atoms with Crippen LogP contribution < -0.4 is 0 Å². The molecule has 0 aromatic carbocycles. The number of aliphatic hydroxyl groups excluding tert-OH is 2. The van der Waals surface area contributed by atoms with Gasteiger partial charge in [-0.2, -0.15) is 0 Å². The van der Waals surface area contributed by atoms with Gasteiger partial charge < -0.3 is 14.9 Å². The Labute approximate surface area is 231 Å². The number of nitrogens with zero attached hydrogens (tertiary/aromatic N) is 3. The molecule has 0 aliphatic heterocycles. The largest absolute Gasteiger partial charge is 0.463 e. The van der Waals surface area contributed by atoms with Crippen molar-refractivity contribution in [1.29, 1.82) is 0 Å². The Hall–Kier alpha value is -2.33. The fraction of sp³-hybridized carbons (Fsp3) is 0.370. The van der Waals surface area contributed by atoms with E-state index in [0.29, 0.717) is 34.7 Å². The van der Waals surface area contributed by atoms with E-state index >= 15 is 0 Å². The average molecular weight is 565 g/mol. The highest BCUT2D eigenvalue weighted by atomic mass is 35.5. The van der Waals surface area contributed by atoms with Crippen LogP contribution in [0.2, 0.25) is 10.3 Å². The van der Waals surface area contributed by atoms with E-state index in [1.165, 1.54) is 6.08 Å². The number of pyridine rings is 2. The molecule has 0 radical (unpaired) electrons. The van der Waals surface area contributed by atoms with Crippen LogP contribution in [-0.4, -0.2) is 56.8 Å². The maximum atomic E-state index is 11.8. The quantitative estimate of drug-likeness (QED) is 0.170. The highest BCUT2D eigenvalue weighted by Crippen LogP contribution is 2.27. The molecule has 0 bridgehead atoms. The molecule has 3 atom stereocenters. The number of halogens is 2. The van der Waals surface area contributed by atoms with Crippen LogP contribution in [0.1, 0.15) is 54.1 Å². The summed E-state index contributed by atoms with van der Waals surface area (Å²) >= 11 is 13.6. The van der Waals surface area contributed by atoms with E-state index in [1.54, 1.807) is 54.7 Å². The average Bonchev–Trinajstić information content (AvgIpc) is 3.32. The first-order chi connectivity index (χ1) is 17.7. The van der Waals surface area contributed by atoms with Gasteiger partial charge in [0.1, 0.15) is 22.5 Å². The molecule has 7 nitrogen and oxygen atoms in total. The number of rotatable bonds is 12. The number of aromatic nitrogens is 2. The summed E-state index contributed by atoms with van der Waals surface area (Å²) in [5.41, 5.74) is 1.75. The van der Waals surface area contributed by atoms with Gasteiger partial charge in [0.15, 0.2) is 0 Å². The molecular formula is C27H31Cl2N3O4S. The Balaban J connectivity index is 1.77. The summed E-state index contributed by atoms with van der Waals surface area (Å²) in [7, 11) is 0. The summed E-state index contributed by atoms with van der Waals surface area (Å²) in [4.78, 5) is 24.4. The second-order valence-corrected chi connectivity index (χ2v) is 10.6. The van der Waals surface area contributed by atoms with E-state index in [9.17, 15) is 15.0 Å². The molecule has 3 aromatic heterocycles. The lowest BCUT2D eigenvalue weighted by atomic mass is 10.1. The molecule has 0 amide bonds. The van der Waals surface area contributed by atoms with Crippen LogP contribution in [-0.2, 0) is 16.0 Å². The van der Waals surface area contributed by atoms with Crippen LogP contribution in [0.3, 0.4) is 0 Å². The Morgan fingerprint density at radius 3 is 2.11 bits per heavy atom.